The lowest BCUT2D eigenvalue weighted by atomic mass is 10.1. The van der Waals surface area contributed by atoms with Crippen molar-refractivity contribution in [2.24, 2.45) is 0 Å². The fraction of sp³-hybridized carbons (Fsp3) is 0.286. The van der Waals surface area contributed by atoms with Gasteiger partial charge in [-0.05, 0) is 49.6 Å². The first-order chi connectivity index (χ1) is 13.8. The van der Waals surface area contributed by atoms with Crippen LogP contribution in [0.2, 0.25) is 0 Å². The largest absolute Gasteiger partial charge is 0.484 e. The van der Waals surface area contributed by atoms with E-state index in [2.05, 4.69) is 21.5 Å². The average molecular weight is 398 g/mol. The first-order valence-corrected chi connectivity index (χ1v) is 9.18. The molecule has 0 unspecified atom stereocenters. The Balaban J connectivity index is 1.61. The number of hydrazine groups is 1. The van der Waals surface area contributed by atoms with Crippen LogP contribution in [0.3, 0.4) is 0 Å². The van der Waals surface area contributed by atoms with Gasteiger partial charge in [-0.25, -0.2) is 4.79 Å². The lowest BCUT2D eigenvalue weighted by Gasteiger charge is -2.11. The van der Waals surface area contributed by atoms with E-state index in [4.69, 9.17) is 4.74 Å². The topological polar surface area (TPSA) is 109 Å². The molecule has 0 radical (unpaired) electrons. The molecule has 0 heterocycles. The highest BCUT2D eigenvalue weighted by molar-refractivity contribution is 5.86. The number of urea groups is 1. The molecule has 0 saturated carbocycles. The zero-order valence-electron chi connectivity index (χ0n) is 16.8. The Bertz CT molecular complexity index is 845. The molecule has 0 aliphatic carbocycles. The van der Waals surface area contributed by atoms with Gasteiger partial charge in [0.25, 0.3) is 11.8 Å². The molecule has 0 saturated heterocycles. The van der Waals surface area contributed by atoms with E-state index in [-0.39, 0.29) is 13.2 Å². The maximum atomic E-state index is 11.8. The number of carbonyl (C=O) groups excluding carboxylic acids is 3. The summed E-state index contributed by atoms with van der Waals surface area (Å²) < 4.78 is 5.40. The molecule has 0 aliphatic heterocycles. The van der Waals surface area contributed by atoms with Gasteiger partial charge in [-0.15, -0.1) is 0 Å². The van der Waals surface area contributed by atoms with Crippen molar-refractivity contribution >= 4 is 17.8 Å². The zero-order chi connectivity index (χ0) is 21.2. The Hall–Kier alpha value is -3.55. The Kier molecular flexibility index (Phi) is 8.02. The van der Waals surface area contributed by atoms with Crippen molar-refractivity contribution in [3.8, 4) is 5.75 Å². The lowest BCUT2D eigenvalue weighted by Crippen LogP contribution is -2.49. The second-order valence-electron chi connectivity index (χ2n) is 6.73. The quantitative estimate of drug-likeness (QED) is 0.532. The fourth-order valence-corrected chi connectivity index (χ4v) is 2.50. The SMILES string of the molecule is Cc1ccc(CNC(=O)NCC(=O)NNC(=O)COc2cc(C)cc(C)c2)cc1. The first-order valence-electron chi connectivity index (χ1n) is 9.18. The molecular weight excluding hydrogens is 372 g/mol. The van der Waals surface area contributed by atoms with Crippen LogP contribution in [-0.2, 0) is 16.1 Å². The second-order valence-corrected chi connectivity index (χ2v) is 6.73. The molecule has 8 heteroatoms. The molecule has 29 heavy (non-hydrogen) atoms. The molecule has 0 atom stereocenters. The van der Waals surface area contributed by atoms with Gasteiger partial charge in [0, 0.05) is 6.54 Å². The van der Waals surface area contributed by atoms with Crippen LogP contribution in [0.4, 0.5) is 4.79 Å². The smallest absolute Gasteiger partial charge is 0.315 e. The van der Waals surface area contributed by atoms with Crippen LogP contribution < -0.4 is 26.2 Å². The molecule has 0 bridgehead atoms. The predicted octanol–water partition coefficient (Wildman–Crippen LogP) is 1.64. The van der Waals surface area contributed by atoms with Gasteiger partial charge in [-0.3, -0.25) is 20.4 Å². The van der Waals surface area contributed by atoms with E-state index in [0.29, 0.717) is 12.3 Å². The minimum absolute atomic E-state index is 0.242. The van der Waals surface area contributed by atoms with Crippen LogP contribution >= 0.6 is 0 Å². The number of nitrogens with one attached hydrogen (secondary N) is 4. The number of hydrogen-bond acceptors (Lipinski definition) is 4. The van der Waals surface area contributed by atoms with Crippen molar-refractivity contribution in [2.75, 3.05) is 13.2 Å². The zero-order valence-corrected chi connectivity index (χ0v) is 16.8. The molecule has 0 fully saturated rings. The highest BCUT2D eigenvalue weighted by Gasteiger charge is 2.08. The van der Waals surface area contributed by atoms with Crippen LogP contribution in [0.1, 0.15) is 22.3 Å². The Morgan fingerprint density at radius 2 is 1.41 bits per heavy atom. The summed E-state index contributed by atoms with van der Waals surface area (Å²) in [5.41, 5.74) is 8.59. The Morgan fingerprint density at radius 3 is 2.07 bits per heavy atom. The second kappa shape index (κ2) is 10.7. The number of carbonyl (C=O) groups is 3. The highest BCUT2D eigenvalue weighted by Crippen LogP contribution is 2.15. The number of amides is 4. The number of hydrogen-bond donors (Lipinski definition) is 4. The summed E-state index contributed by atoms with van der Waals surface area (Å²) in [4.78, 5) is 35.2. The van der Waals surface area contributed by atoms with Gasteiger partial charge in [-0.1, -0.05) is 35.9 Å². The molecule has 4 N–H and O–H groups in total. The van der Waals surface area contributed by atoms with E-state index in [1.54, 1.807) is 0 Å². The van der Waals surface area contributed by atoms with E-state index in [1.165, 1.54) is 0 Å². The lowest BCUT2D eigenvalue weighted by molar-refractivity contribution is -0.129. The van der Waals surface area contributed by atoms with E-state index < -0.39 is 17.8 Å². The first kappa shape index (κ1) is 21.7. The fourth-order valence-electron chi connectivity index (χ4n) is 2.50. The van der Waals surface area contributed by atoms with Crippen molar-refractivity contribution in [3.63, 3.8) is 0 Å². The molecule has 154 valence electrons. The van der Waals surface area contributed by atoms with Crippen LogP contribution in [0.5, 0.6) is 5.75 Å². The Labute approximate surface area is 170 Å². The summed E-state index contributed by atoms with van der Waals surface area (Å²) in [6.45, 7) is 5.68. The van der Waals surface area contributed by atoms with Crippen molar-refractivity contribution in [3.05, 3.63) is 64.7 Å². The van der Waals surface area contributed by atoms with E-state index in [0.717, 1.165) is 22.3 Å². The van der Waals surface area contributed by atoms with Gasteiger partial charge in [0.1, 0.15) is 12.3 Å². The third-order valence-corrected chi connectivity index (χ3v) is 3.89. The molecule has 0 aliphatic rings. The minimum Gasteiger partial charge on any atom is -0.484 e. The summed E-state index contributed by atoms with van der Waals surface area (Å²) in [7, 11) is 0. The summed E-state index contributed by atoms with van der Waals surface area (Å²) in [6, 6.07) is 12.9. The predicted molar refractivity (Wildman–Crippen MR) is 109 cm³/mol. The van der Waals surface area contributed by atoms with Crippen LogP contribution in [-0.4, -0.2) is 31.0 Å². The summed E-state index contributed by atoms with van der Waals surface area (Å²) >= 11 is 0. The van der Waals surface area contributed by atoms with Gasteiger partial charge in [0.15, 0.2) is 6.61 Å². The van der Waals surface area contributed by atoms with Crippen molar-refractivity contribution < 1.29 is 19.1 Å². The summed E-state index contributed by atoms with van der Waals surface area (Å²) in [5.74, 6) is -0.493. The molecule has 4 amide bonds. The van der Waals surface area contributed by atoms with Crippen molar-refractivity contribution in [2.45, 2.75) is 27.3 Å². The van der Waals surface area contributed by atoms with E-state index >= 15 is 0 Å². The van der Waals surface area contributed by atoms with Crippen LogP contribution in [0.25, 0.3) is 0 Å². The van der Waals surface area contributed by atoms with Crippen LogP contribution in [0, 0.1) is 20.8 Å². The Morgan fingerprint density at radius 1 is 0.793 bits per heavy atom. The third kappa shape index (κ3) is 8.34. The molecule has 2 rings (SSSR count). The maximum Gasteiger partial charge on any atom is 0.315 e. The summed E-state index contributed by atoms with van der Waals surface area (Å²) in [5, 5.41) is 5.06. The monoisotopic (exact) mass is 398 g/mol. The van der Waals surface area contributed by atoms with Crippen molar-refractivity contribution in [1.29, 1.82) is 0 Å². The van der Waals surface area contributed by atoms with Crippen molar-refractivity contribution in [1.82, 2.24) is 21.5 Å². The van der Waals surface area contributed by atoms with E-state index in [9.17, 15) is 14.4 Å². The molecule has 8 nitrogen and oxygen atoms in total. The van der Waals surface area contributed by atoms with Gasteiger partial charge < -0.3 is 15.4 Å². The van der Waals surface area contributed by atoms with Gasteiger partial charge >= 0.3 is 6.03 Å². The molecule has 2 aromatic rings. The highest BCUT2D eigenvalue weighted by atomic mass is 16.5. The minimum atomic E-state index is -0.560. The van der Waals surface area contributed by atoms with Gasteiger partial charge in [0.05, 0.1) is 0 Å². The van der Waals surface area contributed by atoms with Crippen LogP contribution in [0.15, 0.2) is 42.5 Å². The average Bonchev–Trinajstić information content (AvgIpc) is 2.68. The molecule has 0 spiro atoms. The molecular formula is C21H26N4O4. The normalized spacial score (nSPS) is 10.0. The standard InChI is InChI=1S/C21H26N4O4/c1-14-4-6-17(7-5-14)11-22-21(28)23-12-19(26)24-25-20(27)13-29-18-9-15(2)8-16(3)10-18/h4-10H,11-13H2,1-3H3,(H,24,26)(H,25,27)(H2,22,23,28). The number of ether oxygens (including phenoxy) is 1. The number of rotatable bonds is 7. The number of benzene rings is 2. The maximum absolute atomic E-state index is 11.8. The van der Waals surface area contributed by atoms with E-state index in [1.807, 2.05) is 63.2 Å². The molecule has 0 aromatic heterocycles. The van der Waals surface area contributed by atoms with Gasteiger partial charge in [-0.2, -0.15) is 0 Å². The third-order valence-electron chi connectivity index (χ3n) is 3.89. The summed E-state index contributed by atoms with van der Waals surface area (Å²) in [6.07, 6.45) is 0. The number of aryl methyl sites for hydroxylation is 3. The van der Waals surface area contributed by atoms with Gasteiger partial charge in [0.2, 0.25) is 0 Å². The molecule has 2 aromatic carbocycles.